The Morgan fingerprint density at radius 3 is 2.38 bits per heavy atom. The average Bonchev–Trinajstić information content (AvgIpc) is 2.60. The Morgan fingerprint density at radius 1 is 1.00 bits per heavy atom. The van der Waals surface area contributed by atoms with Crippen LogP contribution in [0, 0.1) is 6.92 Å². The molecule has 0 heterocycles. The first-order chi connectivity index (χ1) is 12.4. The van der Waals surface area contributed by atoms with Crippen LogP contribution in [0.1, 0.15) is 15.9 Å². The molecule has 26 heavy (non-hydrogen) atoms. The molecule has 0 unspecified atom stereocenters. The van der Waals surface area contributed by atoms with Gasteiger partial charge in [-0.2, -0.15) is 0 Å². The number of carbonyl (C=O) groups excluding carboxylic acids is 3. The van der Waals surface area contributed by atoms with Crippen molar-refractivity contribution in [2.75, 3.05) is 18.4 Å². The summed E-state index contributed by atoms with van der Waals surface area (Å²) in [6, 6.07) is 12.0. The molecule has 0 spiro atoms. The number of anilines is 1. The first-order valence-corrected chi connectivity index (χ1v) is 8.89. The van der Waals surface area contributed by atoms with Crippen LogP contribution < -0.4 is 16.0 Å². The molecule has 0 fully saturated rings. The molecule has 2 aromatic carbocycles. The van der Waals surface area contributed by atoms with Crippen molar-refractivity contribution in [1.29, 1.82) is 0 Å². The van der Waals surface area contributed by atoms with Crippen LogP contribution in [-0.4, -0.2) is 30.8 Å². The Kier molecular flexibility index (Phi) is 7.17. The lowest BCUT2D eigenvalue weighted by Crippen LogP contribution is -2.40. The fraction of sp³-hybridized carbons (Fsp3) is 0.167. The Bertz CT molecular complexity index is 842. The molecule has 0 saturated carbocycles. The first-order valence-electron chi connectivity index (χ1n) is 7.72. The summed E-state index contributed by atoms with van der Waals surface area (Å²) in [6.07, 6.45) is 0. The molecule has 0 aliphatic carbocycles. The first kappa shape index (κ1) is 19.9. The highest BCUT2D eigenvalue weighted by atomic mass is 79.9. The van der Waals surface area contributed by atoms with Crippen LogP contribution in [-0.2, 0) is 9.59 Å². The van der Waals surface area contributed by atoms with E-state index in [9.17, 15) is 14.4 Å². The minimum absolute atomic E-state index is 0.198. The molecule has 136 valence electrons. The summed E-state index contributed by atoms with van der Waals surface area (Å²) in [7, 11) is 0. The van der Waals surface area contributed by atoms with Crippen LogP contribution in [0.5, 0.6) is 0 Å². The summed E-state index contributed by atoms with van der Waals surface area (Å²) in [6.45, 7) is 1.41. The molecular formula is C18H17BrClN3O3. The lowest BCUT2D eigenvalue weighted by atomic mass is 10.2. The molecule has 0 atom stereocenters. The quantitative estimate of drug-likeness (QED) is 0.648. The summed E-state index contributed by atoms with van der Waals surface area (Å²) >= 11 is 9.27. The number of aryl methyl sites for hydroxylation is 1. The van der Waals surface area contributed by atoms with Crippen LogP contribution in [0.2, 0.25) is 5.02 Å². The lowest BCUT2D eigenvalue weighted by molar-refractivity contribution is -0.123. The molecule has 0 aromatic heterocycles. The van der Waals surface area contributed by atoms with Gasteiger partial charge < -0.3 is 16.0 Å². The maximum absolute atomic E-state index is 12.0. The number of benzene rings is 2. The summed E-state index contributed by atoms with van der Waals surface area (Å²) in [4.78, 5) is 35.7. The van der Waals surface area contributed by atoms with Crippen molar-refractivity contribution < 1.29 is 14.4 Å². The third-order valence-corrected chi connectivity index (χ3v) is 4.26. The van der Waals surface area contributed by atoms with Crippen LogP contribution >= 0.6 is 27.5 Å². The third-order valence-electron chi connectivity index (χ3n) is 3.44. The van der Waals surface area contributed by atoms with Crippen LogP contribution in [0.3, 0.4) is 0 Å². The van der Waals surface area contributed by atoms with E-state index in [1.807, 2.05) is 19.1 Å². The van der Waals surface area contributed by atoms with Gasteiger partial charge in [-0.05, 0) is 42.8 Å². The van der Waals surface area contributed by atoms with Gasteiger partial charge in [-0.15, -0.1) is 0 Å². The third kappa shape index (κ3) is 5.86. The molecule has 3 amide bonds. The van der Waals surface area contributed by atoms with E-state index in [0.29, 0.717) is 10.7 Å². The van der Waals surface area contributed by atoms with Gasteiger partial charge in [0.05, 0.1) is 23.7 Å². The lowest BCUT2D eigenvalue weighted by Gasteiger charge is -2.10. The minimum Gasteiger partial charge on any atom is -0.345 e. The van der Waals surface area contributed by atoms with Crippen molar-refractivity contribution in [3.8, 4) is 0 Å². The normalized spacial score (nSPS) is 10.1. The van der Waals surface area contributed by atoms with E-state index in [2.05, 4.69) is 31.9 Å². The largest absolute Gasteiger partial charge is 0.345 e. The van der Waals surface area contributed by atoms with Gasteiger partial charge in [0.25, 0.3) is 5.91 Å². The number of rotatable bonds is 6. The monoisotopic (exact) mass is 437 g/mol. The average molecular weight is 439 g/mol. The fourth-order valence-corrected chi connectivity index (χ4v) is 2.80. The molecule has 0 aliphatic rings. The SMILES string of the molecule is Cc1cc(Br)ccc1NC(=O)CNC(=O)CNC(=O)c1ccccc1Cl. The highest BCUT2D eigenvalue weighted by Gasteiger charge is 2.12. The van der Waals surface area contributed by atoms with Crippen molar-refractivity contribution in [1.82, 2.24) is 10.6 Å². The molecule has 2 aromatic rings. The molecule has 0 saturated heterocycles. The molecule has 6 nitrogen and oxygen atoms in total. The van der Waals surface area contributed by atoms with E-state index >= 15 is 0 Å². The number of hydrogen-bond donors (Lipinski definition) is 3. The summed E-state index contributed by atoms with van der Waals surface area (Å²) < 4.78 is 0.913. The zero-order valence-corrected chi connectivity index (χ0v) is 16.3. The van der Waals surface area contributed by atoms with E-state index in [1.165, 1.54) is 0 Å². The Morgan fingerprint density at radius 2 is 1.69 bits per heavy atom. The van der Waals surface area contributed by atoms with Gasteiger partial charge in [-0.1, -0.05) is 39.7 Å². The summed E-state index contributed by atoms with van der Waals surface area (Å²) in [5.41, 5.74) is 1.84. The van der Waals surface area contributed by atoms with Crippen molar-refractivity contribution >= 4 is 50.9 Å². The number of amides is 3. The summed E-state index contributed by atoms with van der Waals surface area (Å²) in [5, 5.41) is 7.92. The van der Waals surface area contributed by atoms with E-state index in [1.54, 1.807) is 30.3 Å². The molecular weight excluding hydrogens is 422 g/mol. The van der Waals surface area contributed by atoms with Gasteiger partial charge in [0.1, 0.15) is 0 Å². The van der Waals surface area contributed by atoms with Gasteiger partial charge in [0, 0.05) is 10.2 Å². The smallest absolute Gasteiger partial charge is 0.253 e. The molecule has 2 rings (SSSR count). The predicted molar refractivity (Wildman–Crippen MR) is 104 cm³/mol. The number of hydrogen-bond acceptors (Lipinski definition) is 3. The van der Waals surface area contributed by atoms with Crippen molar-refractivity contribution in [2.45, 2.75) is 6.92 Å². The predicted octanol–water partition coefficient (Wildman–Crippen LogP) is 2.90. The molecule has 8 heteroatoms. The Hall–Kier alpha value is -2.38. The van der Waals surface area contributed by atoms with E-state index in [0.717, 1.165) is 10.0 Å². The number of nitrogens with one attached hydrogen (secondary N) is 3. The Labute approximate surface area is 164 Å². The van der Waals surface area contributed by atoms with Crippen molar-refractivity contribution in [3.05, 3.63) is 63.1 Å². The topological polar surface area (TPSA) is 87.3 Å². The molecule has 0 aliphatic heterocycles. The number of halogens is 2. The van der Waals surface area contributed by atoms with Gasteiger partial charge >= 0.3 is 0 Å². The Balaban J connectivity index is 1.77. The van der Waals surface area contributed by atoms with Gasteiger partial charge in [0.2, 0.25) is 11.8 Å². The number of carbonyl (C=O) groups is 3. The highest BCUT2D eigenvalue weighted by molar-refractivity contribution is 9.10. The second-order valence-electron chi connectivity index (χ2n) is 5.45. The molecule has 3 N–H and O–H groups in total. The fourth-order valence-electron chi connectivity index (χ4n) is 2.10. The van der Waals surface area contributed by atoms with E-state index in [-0.39, 0.29) is 24.6 Å². The van der Waals surface area contributed by atoms with E-state index in [4.69, 9.17) is 11.6 Å². The van der Waals surface area contributed by atoms with Gasteiger partial charge in [0.15, 0.2) is 0 Å². The minimum atomic E-state index is -0.479. The maximum Gasteiger partial charge on any atom is 0.253 e. The second-order valence-corrected chi connectivity index (χ2v) is 6.77. The van der Waals surface area contributed by atoms with E-state index < -0.39 is 11.8 Å². The standard InChI is InChI=1S/C18H17BrClN3O3/c1-11-8-12(19)6-7-15(11)23-17(25)10-21-16(24)9-22-18(26)13-4-2-3-5-14(13)20/h2-8H,9-10H2,1H3,(H,21,24)(H,22,26)(H,23,25). The van der Waals surface area contributed by atoms with Crippen LogP contribution in [0.25, 0.3) is 0 Å². The van der Waals surface area contributed by atoms with Crippen molar-refractivity contribution in [2.24, 2.45) is 0 Å². The maximum atomic E-state index is 12.0. The van der Waals surface area contributed by atoms with Gasteiger partial charge in [-0.25, -0.2) is 0 Å². The van der Waals surface area contributed by atoms with Crippen molar-refractivity contribution in [3.63, 3.8) is 0 Å². The molecule has 0 bridgehead atoms. The zero-order chi connectivity index (χ0) is 19.1. The summed E-state index contributed by atoms with van der Waals surface area (Å²) in [5.74, 6) is -1.30. The second kappa shape index (κ2) is 9.35. The molecule has 0 radical (unpaired) electrons. The van der Waals surface area contributed by atoms with Crippen LogP contribution in [0.4, 0.5) is 5.69 Å². The van der Waals surface area contributed by atoms with Gasteiger partial charge in [-0.3, -0.25) is 14.4 Å². The van der Waals surface area contributed by atoms with Crippen LogP contribution in [0.15, 0.2) is 46.9 Å². The zero-order valence-electron chi connectivity index (χ0n) is 13.9. The highest BCUT2D eigenvalue weighted by Crippen LogP contribution is 2.19.